The predicted molar refractivity (Wildman–Crippen MR) is 112 cm³/mol. The molecule has 2 aromatic carbocycles. The molecule has 0 aliphatic heterocycles. The molecule has 0 atom stereocenters. The number of benzene rings is 2. The van der Waals surface area contributed by atoms with E-state index in [4.69, 9.17) is 9.47 Å². The molecular formula is C21H23N3O2S. The van der Waals surface area contributed by atoms with Crippen molar-refractivity contribution in [2.24, 2.45) is 5.10 Å². The molecule has 0 bridgehead atoms. The fraction of sp³-hybridized carbons (Fsp3) is 0.238. The van der Waals surface area contributed by atoms with E-state index in [2.05, 4.69) is 22.4 Å². The third-order valence-electron chi connectivity index (χ3n) is 3.68. The van der Waals surface area contributed by atoms with Gasteiger partial charge in [-0.15, -0.1) is 11.3 Å². The average molecular weight is 382 g/mol. The summed E-state index contributed by atoms with van der Waals surface area (Å²) in [6, 6.07) is 15.9. The normalized spacial score (nSPS) is 10.9. The minimum Gasteiger partial charge on any atom is -0.490 e. The van der Waals surface area contributed by atoms with Crippen molar-refractivity contribution in [3.8, 4) is 22.8 Å². The quantitative estimate of drug-likeness (QED) is 0.396. The highest BCUT2D eigenvalue weighted by atomic mass is 32.1. The number of thiazole rings is 1. The van der Waals surface area contributed by atoms with Crippen LogP contribution >= 0.6 is 11.3 Å². The summed E-state index contributed by atoms with van der Waals surface area (Å²) in [6.45, 7) is 5.29. The fourth-order valence-corrected chi connectivity index (χ4v) is 3.10. The highest BCUT2D eigenvalue weighted by Gasteiger charge is 2.06. The fourth-order valence-electron chi connectivity index (χ4n) is 2.43. The topological polar surface area (TPSA) is 55.7 Å². The smallest absolute Gasteiger partial charge is 0.203 e. The van der Waals surface area contributed by atoms with Gasteiger partial charge in [-0.25, -0.2) is 4.98 Å². The van der Waals surface area contributed by atoms with Crippen molar-refractivity contribution in [2.45, 2.75) is 20.3 Å². The van der Waals surface area contributed by atoms with Crippen molar-refractivity contribution in [1.82, 2.24) is 4.98 Å². The second-order valence-corrected chi connectivity index (χ2v) is 6.62. The standard InChI is InChI=1S/C21H23N3O2S/c1-3-12-26-19-11-10-16(13-20(19)25-4-2)14-22-24-21-23-18(15-27-21)17-8-6-5-7-9-17/h5-11,13-15H,3-4,12H2,1-2H3,(H,23,24)/b22-14-. The molecule has 1 heterocycles. The van der Waals surface area contributed by atoms with Crippen LogP contribution < -0.4 is 14.9 Å². The van der Waals surface area contributed by atoms with E-state index in [0.717, 1.165) is 39.9 Å². The third kappa shape index (κ3) is 5.31. The molecule has 1 aromatic heterocycles. The lowest BCUT2D eigenvalue weighted by molar-refractivity contribution is 0.277. The third-order valence-corrected chi connectivity index (χ3v) is 4.42. The van der Waals surface area contributed by atoms with Crippen LogP contribution in [0.15, 0.2) is 59.0 Å². The Bertz CT molecular complexity index is 878. The first-order valence-corrected chi connectivity index (χ1v) is 9.87. The maximum atomic E-state index is 5.72. The zero-order chi connectivity index (χ0) is 18.9. The Balaban J connectivity index is 1.65. The first-order chi connectivity index (χ1) is 13.3. The largest absolute Gasteiger partial charge is 0.490 e. The van der Waals surface area contributed by atoms with Gasteiger partial charge in [0.25, 0.3) is 0 Å². The van der Waals surface area contributed by atoms with Crippen LogP contribution in [0.5, 0.6) is 11.5 Å². The van der Waals surface area contributed by atoms with Crippen LogP contribution in [0.4, 0.5) is 5.13 Å². The summed E-state index contributed by atoms with van der Waals surface area (Å²) >= 11 is 1.52. The summed E-state index contributed by atoms with van der Waals surface area (Å²) in [4.78, 5) is 4.56. The molecule has 0 aliphatic carbocycles. The van der Waals surface area contributed by atoms with Gasteiger partial charge in [0.1, 0.15) is 0 Å². The van der Waals surface area contributed by atoms with Crippen molar-refractivity contribution >= 4 is 22.7 Å². The van der Waals surface area contributed by atoms with E-state index in [-0.39, 0.29) is 0 Å². The van der Waals surface area contributed by atoms with Crippen molar-refractivity contribution in [1.29, 1.82) is 0 Å². The summed E-state index contributed by atoms with van der Waals surface area (Å²) in [5.41, 5.74) is 5.95. The van der Waals surface area contributed by atoms with Crippen LogP contribution in [0, 0.1) is 0 Å². The van der Waals surface area contributed by atoms with E-state index >= 15 is 0 Å². The second-order valence-electron chi connectivity index (χ2n) is 5.76. The van der Waals surface area contributed by atoms with Gasteiger partial charge in [0.05, 0.1) is 25.1 Å². The van der Waals surface area contributed by atoms with E-state index in [1.54, 1.807) is 6.21 Å². The van der Waals surface area contributed by atoms with Crippen LogP contribution in [0.25, 0.3) is 11.3 Å². The minimum absolute atomic E-state index is 0.586. The number of nitrogens with one attached hydrogen (secondary N) is 1. The molecule has 0 fully saturated rings. The molecule has 0 aliphatic rings. The molecule has 6 heteroatoms. The zero-order valence-corrected chi connectivity index (χ0v) is 16.3. The van der Waals surface area contributed by atoms with Crippen LogP contribution in [0.1, 0.15) is 25.8 Å². The van der Waals surface area contributed by atoms with Crippen LogP contribution in [-0.2, 0) is 0 Å². The highest BCUT2D eigenvalue weighted by molar-refractivity contribution is 7.14. The van der Waals surface area contributed by atoms with Crippen LogP contribution in [-0.4, -0.2) is 24.4 Å². The molecule has 3 aromatic rings. The molecule has 5 nitrogen and oxygen atoms in total. The molecule has 1 N–H and O–H groups in total. The highest BCUT2D eigenvalue weighted by Crippen LogP contribution is 2.28. The van der Waals surface area contributed by atoms with Gasteiger partial charge in [-0.2, -0.15) is 5.10 Å². The SMILES string of the molecule is CCCOc1ccc(/C=N\Nc2nc(-c3ccccc3)cs2)cc1OCC. The van der Waals surface area contributed by atoms with E-state index < -0.39 is 0 Å². The number of hydrogen-bond acceptors (Lipinski definition) is 6. The molecule has 27 heavy (non-hydrogen) atoms. The Morgan fingerprint density at radius 3 is 2.70 bits per heavy atom. The predicted octanol–water partition coefficient (Wildman–Crippen LogP) is 5.44. The monoisotopic (exact) mass is 381 g/mol. The van der Waals surface area contributed by atoms with Gasteiger partial charge in [-0.05, 0) is 37.1 Å². The van der Waals surface area contributed by atoms with Crippen LogP contribution in [0.3, 0.4) is 0 Å². The number of nitrogens with zero attached hydrogens (tertiary/aromatic N) is 2. The number of rotatable bonds is 9. The van der Waals surface area contributed by atoms with Crippen molar-refractivity contribution in [3.05, 3.63) is 59.5 Å². The molecule has 0 unspecified atom stereocenters. The first-order valence-electron chi connectivity index (χ1n) is 8.99. The van der Waals surface area contributed by atoms with Gasteiger partial charge < -0.3 is 9.47 Å². The van der Waals surface area contributed by atoms with Crippen molar-refractivity contribution in [2.75, 3.05) is 18.6 Å². The lowest BCUT2D eigenvalue weighted by atomic mass is 10.2. The number of hydrazone groups is 1. The summed E-state index contributed by atoms with van der Waals surface area (Å²) in [7, 11) is 0. The maximum absolute atomic E-state index is 5.72. The molecule has 140 valence electrons. The van der Waals surface area contributed by atoms with Gasteiger partial charge >= 0.3 is 0 Å². The van der Waals surface area contributed by atoms with E-state index in [1.165, 1.54) is 11.3 Å². The summed E-state index contributed by atoms with van der Waals surface area (Å²) in [6.07, 6.45) is 2.70. The lowest BCUT2D eigenvalue weighted by Gasteiger charge is -2.11. The number of anilines is 1. The first kappa shape index (κ1) is 18.9. The van der Waals surface area contributed by atoms with Crippen LogP contribution in [0.2, 0.25) is 0 Å². The summed E-state index contributed by atoms with van der Waals surface area (Å²) in [5.74, 6) is 1.49. The average Bonchev–Trinajstić information content (AvgIpc) is 3.17. The molecule has 0 spiro atoms. The summed E-state index contributed by atoms with van der Waals surface area (Å²) in [5, 5.41) is 7.05. The lowest BCUT2D eigenvalue weighted by Crippen LogP contribution is -2.00. The van der Waals surface area contributed by atoms with Gasteiger partial charge in [0.15, 0.2) is 11.5 Å². The molecular weight excluding hydrogens is 358 g/mol. The molecule has 0 saturated heterocycles. The van der Waals surface area contributed by atoms with Gasteiger partial charge in [-0.1, -0.05) is 37.3 Å². The molecule has 0 saturated carbocycles. The molecule has 0 radical (unpaired) electrons. The van der Waals surface area contributed by atoms with Gasteiger partial charge in [0, 0.05) is 10.9 Å². The van der Waals surface area contributed by atoms with E-state index in [0.29, 0.717) is 13.2 Å². The van der Waals surface area contributed by atoms with Gasteiger partial charge in [-0.3, -0.25) is 5.43 Å². The Labute approximate surface area is 163 Å². The Kier molecular flexibility index (Phi) is 6.82. The zero-order valence-electron chi connectivity index (χ0n) is 15.5. The number of ether oxygens (including phenoxy) is 2. The second kappa shape index (κ2) is 9.73. The van der Waals surface area contributed by atoms with Crippen molar-refractivity contribution in [3.63, 3.8) is 0 Å². The number of aromatic nitrogens is 1. The maximum Gasteiger partial charge on any atom is 0.203 e. The van der Waals surface area contributed by atoms with E-state index in [1.807, 2.05) is 60.8 Å². The Hall–Kier alpha value is -2.86. The molecule has 3 rings (SSSR count). The van der Waals surface area contributed by atoms with Crippen molar-refractivity contribution < 1.29 is 9.47 Å². The Morgan fingerprint density at radius 1 is 1.07 bits per heavy atom. The Morgan fingerprint density at radius 2 is 1.93 bits per heavy atom. The summed E-state index contributed by atoms with van der Waals surface area (Å²) < 4.78 is 11.4. The number of hydrogen-bond donors (Lipinski definition) is 1. The minimum atomic E-state index is 0.586. The molecule has 0 amide bonds. The van der Waals surface area contributed by atoms with E-state index in [9.17, 15) is 0 Å². The van der Waals surface area contributed by atoms with Gasteiger partial charge in [0.2, 0.25) is 5.13 Å².